The van der Waals surface area contributed by atoms with Crippen LogP contribution in [-0.2, 0) is 28.8 Å². The number of nitrogens with zero attached hydrogens (tertiary/aromatic N) is 3. The molecule has 0 radical (unpaired) electrons. The van der Waals surface area contributed by atoms with E-state index in [0.717, 1.165) is 56.6 Å². The van der Waals surface area contributed by atoms with Gasteiger partial charge in [-0.25, -0.2) is 0 Å². The average Bonchev–Trinajstić information content (AvgIpc) is 2.79. The van der Waals surface area contributed by atoms with Gasteiger partial charge in [-0.15, -0.1) is 5.10 Å². The van der Waals surface area contributed by atoms with Gasteiger partial charge in [-0.3, -0.25) is 4.79 Å². The molecule has 0 bridgehead atoms. The lowest BCUT2D eigenvalue weighted by Crippen LogP contribution is -2.47. The average molecular weight is 393 g/mol. The molecule has 6 heteroatoms. The molecule has 1 aromatic heterocycles. The highest BCUT2D eigenvalue weighted by atomic mass is 16.5. The van der Waals surface area contributed by atoms with Gasteiger partial charge in [-0.2, -0.15) is 5.10 Å². The summed E-state index contributed by atoms with van der Waals surface area (Å²) in [5, 5.41) is 12.2. The Kier molecular flexibility index (Phi) is 5.19. The summed E-state index contributed by atoms with van der Waals surface area (Å²) in [6.45, 7) is 2.38. The Balaban J connectivity index is 1.19. The maximum atomic E-state index is 12.9. The molecule has 0 saturated carbocycles. The minimum Gasteiger partial charge on any atom is -0.363 e. The van der Waals surface area contributed by atoms with E-state index in [9.17, 15) is 4.79 Å². The lowest BCUT2D eigenvalue weighted by Gasteiger charge is -2.34. The predicted octanol–water partition coefficient (Wildman–Crippen LogP) is 2.75. The molecule has 1 fully saturated rings. The van der Waals surface area contributed by atoms with Gasteiger partial charge in [0.25, 0.3) is 5.91 Å². The second-order valence-electron chi connectivity index (χ2n) is 8.35. The largest absolute Gasteiger partial charge is 0.363 e. The third-order valence-corrected chi connectivity index (χ3v) is 6.45. The van der Waals surface area contributed by atoms with Crippen molar-refractivity contribution in [2.24, 2.45) is 0 Å². The fraction of sp³-hybridized carbons (Fsp3) is 0.522. The maximum Gasteiger partial charge on any atom is 0.253 e. The summed E-state index contributed by atoms with van der Waals surface area (Å²) in [5.41, 5.74) is 4.78. The highest BCUT2D eigenvalue weighted by molar-refractivity contribution is 5.83. The van der Waals surface area contributed by atoms with Gasteiger partial charge in [0.2, 0.25) is 0 Å². The summed E-state index contributed by atoms with van der Waals surface area (Å²) < 4.78 is 5.81. The number of anilines is 1. The number of carbonyl (C=O) groups is 1. The zero-order valence-corrected chi connectivity index (χ0v) is 16.8. The summed E-state index contributed by atoms with van der Waals surface area (Å²) in [6, 6.07) is 10.5. The number of fused-ring (bicyclic) bond motifs is 2. The number of carbonyl (C=O) groups excluding carboxylic acids is 1. The number of hydrogen-bond acceptors (Lipinski definition) is 5. The molecule has 2 aromatic rings. The van der Waals surface area contributed by atoms with Crippen LogP contribution in [0.5, 0.6) is 0 Å². The number of aryl methyl sites for hydroxylation is 2. The molecular weight excluding hydrogens is 364 g/mol. The number of aromatic nitrogens is 2. The van der Waals surface area contributed by atoms with Gasteiger partial charge in [-0.05, 0) is 67.7 Å². The summed E-state index contributed by atoms with van der Waals surface area (Å²) in [5.74, 6) is 0.976. The van der Waals surface area contributed by atoms with Crippen molar-refractivity contribution in [2.45, 2.75) is 57.1 Å². The second kappa shape index (κ2) is 8.11. The second-order valence-corrected chi connectivity index (χ2v) is 8.35. The maximum absolute atomic E-state index is 12.9. The number of nitrogens with one attached hydrogen (secondary N) is 1. The van der Waals surface area contributed by atoms with Crippen LogP contribution in [-0.4, -0.2) is 41.8 Å². The molecule has 1 N–H and O–H groups in total. The van der Waals surface area contributed by atoms with E-state index in [-0.39, 0.29) is 11.9 Å². The first-order valence-corrected chi connectivity index (χ1v) is 10.9. The summed E-state index contributed by atoms with van der Waals surface area (Å²) in [4.78, 5) is 15.2. The van der Waals surface area contributed by atoms with Gasteiger partial charge in [0.15, 0.2) is 11.9 Å². The van der Waals surface area contributed by atoms with Crippen molar-refractivity contribution in [1.29, 1.82) is 0 Å². The van der Waals surface area contributed by atoms with E-state index in [2.05, 4.69) is 32.5 Å². The van der Waals surface area contributed by atoms with Crippen LogP contribution in [0.3, 0.4) is 0 Å². The van der Waals surface area contributed by atoms with Gasteiger partial charge in [0.05, 0.1) is 12.3 Å². The Morgan fingerprint density at radius 1 is 1.03 bits per heavy atom. The van der Waals surface area contributed by atoms with Crippen molar-refractivity contribution >= 4 is 11.7 Å². The number of rotatable bonds is 3. The topological polar surface area (TPSA) is 67.4 Å². The van der Waals surface area contributed by atoms with Crippen molar-refractivity contribution in [1.82, 2.24) is 15.5 Å². The van der Waals surface area contributed by atoms with Crippen LogP contribution >= 0.6 is 0 Å². The molecule has 29 heavy (non-hydrogen) atoms. The Hall–Kier alpha value is -2.47. The highest BCUT2D eigenvalue weighted by Crippen LogP contribution is 2.28. The summed E-state index contributed by atoms with van der Waals surface area (Å²) in [7, 11) is 0. The molecule has 1 saturated heterocycles. The van der Waals surface area contributed by atoms with Gasteiger partial charge in [0, 0.05) is 19.1 Å². The molecule has 0 spiro atoms. The third kappa shape index (κ3) is 3.86. The van der Waals surface area contributed by atoms with Crippen molar-refractivity contribution < 1.29 is 9.53 Å². The molecular formula is C23H28N4O2. The summed E-state index contributed by atoms with van der Waals surface area (Å²) in [6.07, 6.45) is 6.87. The van der Waals surface area contributed by atoms with Gasteiger partial charge < -0.3 is 15.0 Å². The zero-order valence-electron chi connectivity index (χ0n) is 16.8. The minimum atomic E-state index is -0.482. The summed E-state index contributed by atoms with van der Waals surface area (Å²) >= 11 is 0. The van der Waals surface area contributed by atoms with E-state index < -0.39 is 6.10 Å². The van der Waals surface area contributed by atoms with Crippen LogP contribution in [0.4, 0.5) is 5.82 Å². The monoisotopic (exact) mass is 392 g/mol. The molecule has 0 unspecified atom stereocenters. The lowest BCUT2D eigenvalue weighted by molar-refractivity contribution is -0.135. The van der Waals surface area contributed by atoms with Crippen LogP contribution in [0, 0.1) is 0 Å². The Morgan fingerprint density at radius 3 is 2.76 bits per heavy atom. The van der Waals surface area contributed by atoms with E-state index in [0.29, 0.717) is 6.61 Å². The van der Waals surface area contributed by atoms with Crippen molar-refractivity contribution in [3.8, 4) is 0 Å². The van der Waals surface area contributed by atoms with Crippen LogP contribution < -0.4 is 10.2 Å². The molecule has 1 amide bonds. The van der Waals surface area contributed by atoms with E-state index in [1.165, 1.54) is 29.7 Å². The van der Waals surface area contributed by atoms with Gasteiger partial charge >= 0.3 is 0 Å². The smallest absolute Gasteiger partial charge is 0.253 e. The van der Waals surface area contributed by atoms with Crippen molar-refractivity contribution in [2.75, 3.05) is 24.6 Å². The predicted molar refractivity (Wildman–Crippen MR) is 111 cm³/mol. The lowest BCUT2D eigenvalue weighted by atomic mass is 9.96. The van der Waals surface area contributed by atoms with Gasteiger partial charge in [0.1, 0.15) is 0 Å². The van der Waals surface area contributed by atoms with Crippen LogP contribution in [0.15, 0.2) is 30.3 Å². The van der Waals surface area contributed by atoms with Crippen molar-refractivity contribution in [3.05, 3.63) is 52.7 Å². The number of ether oxygens (including phenoxy) is 1. The molecule has 6 nitrogen and oxygen atoms in total. The Labute approximate surface area is 171 Å². The molecule has 5 rings (SSSR count). The molecule has 152 valence electrons. The molecule has 1 atom stereocenters. The first kappa shape index (κ1) is 18.6. The minimum absolute atomic E-state index is 0.0100. The highest BCUT2D eigenvalue weighted by Gasteiger charge is 2.30. The zero-order chi connectivity index (χ0) is 19.6. The molecule has 3 aliphatic rings. The van der Waals surface area contributed by atoms with Crippen LogP contribution in [0.1, 0.15) is 54.2 Å². The number of hydrogen-bond donors (Lipinski definition) is 1. The number of piperidine rings is 1. The molecule has 2 aliphatic heterocycles. The first-order valence-electron chi connectivity index (χ1n) is 10.9. The SMILES string of the molecule is O=C(NC1CCN(c2cc3c(nn2)CCCC3)CC1)[C@H]1OCCc2ccccc21. The Morgan fingerprint density at radius 2 is 1.86 bits per heavy atom. The van der Waals surface area contributed by atoms with E-state index in [1.54, 1.807) is 0 Å². The molecule has 1 aliphatic carbocycles. The third-order valence-electron chi connectivity index (χ3n) is 6.45. The van der Waals surface area contributed by atoms with Crippen molar-refractivity contribution in [3.63, 3.8) is 0 Å². The first-order chi connectivity index (χ1) is 14.3. The normalized spacial score (nSPS) is 21.9. The van der Waals surface area contributed by atoms with E-state index in [4.69, 9.17) is 4.74 Å². The molecule has 3 heterocycles. The fourth-order valence-corrected chi connectivity index (χ4v) is 4.77. The van der Waals surface area contributed by atoms with Gasteiger partial charge in [-0.1, -0.05) is 24.3 Å². The standard InChI is InChI=1S/C23H28N4O2/c28-23(22-19-7-3-1-5-16(19)11-14-29-22)24-18-9-12-27(13-10-18)21-15-17-6-2-4-8-20(17)25-26-21/h1,3,5,7,15,18,22H,2,4,6,8-14H2,(H,24,28)/t22-/m0/s1. The van der Waals surface area contributed by atoms with E-state index >= 15 is 0 Å². The fourth-order valence-electron chi connectivity index (χ4n) is 4.77. The quantitative estimate of drug-likeness (QED) is 0.870. The molecule has 1 aromatic carbocycles. The number of amides is 1. The Bertz CT molecular complexity index is 892. The number of benzene rings is 1. The van der Waals surface area contributed by atoms with Crippen LogP contribution in [0.25, 0.3) is 0 Å². The van der Waals surface area contributed by atoms with E-state index in [1.807, 2.05) is 18.2 Å². The van der Waals surface area contributed by atoms with Crippen LogP contribution in [0.2, 0.25) is 0 Å².